The van der Waals surface area contributed by atoms with Crippen molar-refractivity contribution in [3.63, 3.8) is 0 Å². The smallest absolute Gasteiger partial charge is 0.418 e. The minimum Gasteiger partial charge on any atom is -0.497 e. The van der Waals surface area contributed by atoms with Crippen molar-refractivity contribution in [2.45, 2.75) is 35.1 Å². The first-order valence-corrected chi connectivity index (χ1v) is 15.4. The van der Waals surface area contributed by atoms with Crippen molar-refractivity contribution in [2.24, 2.45) is 5.92 Å². The molecule has 0 aliphatic carbocycles. The molecule has 1 fully saturated rings. The first kappa shape index (κ1) is 32.4. The van der Waals surface area contributed by atoms with Crippen LogP contribution >= 0.6 is 23.1 Å². The summed E-state index contributed by atoms with van der Waals surface area (Å²) in [5.74, 6) is -4.58. The number of thiazole rings is 1. The molecule has 0 radical (unpaired) electrons. The van der Waals surface area contributed by atoms with Crippen molar-refractivity contribution in [2.75, 3.05) is 17.3 Å². The molecule has 47 heavy (non-hydrogen) atoms. The molecule has 1 aromatic heterocycles. The predicted molar refractivity (Wildman–Crippen MR) is 161 cm³/mol. The Morgan fingerprint density at radius 3 is 2.11 bits per heavy atom. The maximum absolute atomic E-state index is 14.0. The van der Waals surface area contributed by atoms with Crippen LogP contribution in [0.5, 0.6) is 5.75 Å². The second-order valence-corrected chi connectivity index (χ2v) is 12.7. The highest BCUT2D eigenvalue weighted by Gasteiger charge is 2.57. The zero-order valence-corrected chi connectivity index (χ0v) is 25.5. The summed E-state index contributed by atoms with van der Waals surface area (Å²) in [4.78, 5) is 54.3. The second-order valence-electron chi connectivity index (χ2n) is 10.6. The van der Waals surface area contributed by atoms with Gasteiger partial charge in [-0.25, -0.2) is 4.90 Å². The van der Waals surface area contributed by atoms with Gasteiger partial charge >= 0.3 is 17.2 Å². The normalized spacial score (nSPS) is 19.4. The van der Waals surface area contributed by atoms with Gasteiger partial charge in [-0.15, -0.1) is 0 Å². The van der Waals surface area contributed by atoms with Gasteiger partial charge < -0.3 is 10.1 Å². The van der Waals surface area contributed by atoms with Crippen LogP contribution in [0.1, 0.15) is 27.5 Å². The zero-order chi connectivity index (χ0) is 33.8. The Hall–Kier alpha value is -4.57. The molecular weight excluding hydrogens is 672 g/mol. The summed E-state index contributed by atoms with van der Waals surface area (Å²) in [5, 5.41) is 0.994. The van der Waals surface area contributed by atoms with E-state index >= 15 is 0 Å². The van der Waals surface area contributed by atoms with Crippen LogP contribution < -0.4 is 19.8 Å². The molecule has 0 saturated carbocycles. The number of methoxy groups -OCH3 is 1. The molecule has 8 nitrogen and oxygen atoms in total. The molecule has 3 aromatic carbocycles. The number of nitrogens with one attached hydrogen (secondary N) is 1. The number of halogens is 6. The molecule has 2 aliphatic rings. The maximum atomic E-state index is 14.0. The van der Waals surface area contributed by atoms with E-state index in [1.807, 2.05) is 0 Å². The number of hydrogen-bond acceptors (Lipinski definition) is 7. The Balaban J connectivity index is 1.42. The monoisotopic (exact) mass is 693 g/mol. The van der Waals surface area contributed by atoms with Gasteiger partial charge in [-0.2, -0.15) is 26.3 Å². The molecular formula is C31H21F6N3O5S2. The number of carbonyl (C=O) groups excluding carboxylic acids is 3. The zero-order valence-electron chi connectivity index (χ0n) is 23.9. The molecule has 3 amide bonds. The van der Waals surface area contributed by atoms with Gasteiger partial charge in [-0.1, -0.05) is 59.5 Å². The molecule has 3 atom stereocenters. The van der Waals surface area contributed by atoms with Gasteiger partial charge in [0.05, 0.1) is 40.6 Å². The van der Waals surface area contributed by atoms with Crippen LogP contribution in [0.2, 0.25) is 0 Å². The van der Waals surface area contributed by atoms with Crippen molar-refractivity contribution in [3.8, 4) is 5.75 Å². The number of benzene rings is 3. The maximum Gasteiger partial charge on any atom is 0.418 e. The van der Waals surface area contributed by atoms with Gasteiger partial charge in [0.25, 0.3) is 0 Å². The summed E-state index contributed by atoms with van der Waals surface area (Å²) in [5.41, 5.74) is -3.00. The Morgan fingerprint density at radius 2 is 1.47 bits per heavy atom. The molecule has 0 bridgehead atoms. The number of ether oxygens (including phenoxy) is 1. The van der Waals surface area contributed by atoms with Gasteiger partial charge in [-0.05, 0) is 42.0 Å². The lowest BCUT2D eigenvalue weighted by atomic mass is 9.83. The molecule has 16 heteroatoms. The fourth-order valence-electron chi connectivity index (χ4n) is 5.74. The van der Waals surface area contributed by atoms with Crippen molar-refractivity contribution in [1.82, 2.24) is 4.57 Å². The molecule has 6 rings (SSSR count). The lowest BCUT2D eigenvalue weighted by Gasteiger charge is -2.30. The van der Waals surface area contributed by atoms with Crippen molar-refractivity contribution in [3.05, 3.63) is 104 Å². The summed E-state index contributed by atoms with van der Waals surface area (Å²) in [6, 6.07) is 14.8. The van der Waals surface area contributed by atoms with E-state index in [-0.39, 0.29) is 9.90 Å². The van der Waals surface area contributed by atoms with Gasteiger partial charge in [0, 0.05) is 10.8 Å². The minimum atomic E-state index is -4.88. The predicted octanol–water partition coefficient (Wildman–Crippen LogP) is 6.39. The van der Waals surface area contributed by atoms with Crippen LogP contribution in [-0.4, -0.2) is 34.6 Å². The number of para-hydroxylation sites is 2. The van der Waals surface area contributed by atoms with Gasteiger partial charge in [-0.3, -0.25) is 23.7 Å². The fourth-order valence-corrected chi connectivity index (χ4v) is 8.52. The van der Waals surface area contributed by atoms with E-state index in [9.17, 15) is 45.5 Å². The number of nitrogens with zero attached hydrogens (tertiary/aromatic N) is 2. The summed E-state index contributed by atoms with van der Waals surface area (Å²) in [6.07, 6.45) is -9.66. The number of imide groups is 1. The standard InChI is InChI=1S/C31H21F6N3O5S2/c1-45-16-12-10-15(11-13-16)22-23-24(27(43)40(26(23)42)20-9-5-3-7-18(20)31(35,36)37)46-28-25(22)47-29(44)39(28)14-21(41)38-19-8-4-2-6-17(19)30(32,33)34/h2-13,22-24H,14H2,1H3,(H,38,41). The number of aromatic nitrogens is 1. The van der Waals surface area contributed by atoms with E-state index in [1.165, 1.54) is 19.2 Å². The molecule has 1 N–H and O–H groups in total. The molecule has 2 aliphatic heterocycles. The van der Waals surface area contributed by atoms with Gasteiger partial charge in [0.2, 0.25) is 17.7 Å². The molecule has 0 spiro atoms. The lowest BCUT2D eigenvalue weighted by Crippen LogP contribution is -2.33. The summed E-state index contributed by atoms with van der Waals surface area (Å²) in [7, 11) is 1.43. The summed E-state index contributed by atoms with van der Waals surface area (Å²) in [6.45, 7) is -0.737. The third-order valence-electron chi connectivity index (χ3n) is 7.78. The van der Waals surface area contributed by atoms with E-state index < -0.39 is 81.1 Å². The van der Waals surface area contributed by atoms with E-state index in [1.54, 1.807) is 24.3 Å². The number of rotatable bonds is 6. The number of carbonyl (C=O) groups is 3. The van der Waals surface area contributed by atoms with Crippen molar-refractivity contribution >= 4 is 52.2 Å². The largest absolute Gasteiger partial charge is 0.497 e. The van der Waals surface area contributed by atoms with Gasteiger partial charge in [0.15, 0.2) is 0 Å². The average molecular weight is 694 g/mol. The van der Waals surface area contributed by atoms with Crippen LogP contribution in [0.4, 0.5) is 37.7 Å². The van der Waals surface area contributed by atoms with Gasteiger partial charge in [0.1, 0.15) is 17.5 Å². The minimum absolute atomic E-state index is 0.105. The topological polar surface area (TPSA) is 97.7 Å². The lowest BCUT2D eigenvalue weighted by molar-refractivity contribution is -0.138. The quantitative estimate of drug-likeness (QED) is 0.186. The Morgan fingerprint density at radius 1 is 0.851 bits per heavy atom. The Labute approximate surface area is 269 Å². The van der Waals surface area contributed by atoms with E-state index in [2.05, 4.69) is 5.32 Å². The molecule has 3 unspecified atom stereocenters. The molecule has 1 saturated heterocycles. The highest BCUT2D eigenvalue weighted by atomic mass is 32.2. The molecule has 244 valence electrons. The first-order chi connectivity index (χ1) is 22.2. The van der Waals surface area contributed by atoms with Crippen LogP contribution in [0, 0.1) is 5.92 Å². The number of amides is 3. The third kappa shape index (κ3) is 5.79. The van der Waals surface area contributed by atoms with Crippen molar-refractivity contribution < 1.29 is 45.5 Å². The van der Waals surface area contributed by atoms with Crippen molar-refractivity contribution in [1.29, 1.82) is 0 Å². The number of hydrogen-bond donors (Lipinski definition) is 1. The molecule has 3 heterocycles. The highest BCUT2D eigenvalue weighted by molar-refractivity contribution is 8.00. The fraction of sp³-hybridized carbons (Fsp3) is 0.226. The van der Waals surface area contributed by atoms with E-state index in [0.29, 0.717) is 27.5 Å². The Bertz CT molecular complexity index is 1950. The first-order valence-electron chi connectivity index (χ1n) is 13.7. The third-order valence-corrected chi connectivity index (χ3v) is 10.4. The Kier molecular flexibility index (Phi) is 8.20. The van der Waals surface area contributed by atoms with E-state index in [0.717, 1.165) is 52.7 Å². The van der Waals surface area contributed by atoms with Crippen LogP contribution in [0.3, 0.4) is 0 Å². The number of thioether (sulfide) groups is 1. The number of fused-ring (bicyclic) bond motifs is 2. The number of anilines is 2. The van der Waals surface area contributed by atoms with Crippen LogP contribution in [0.25, 0.3) is 0 Å². The number of alkyl halides is 6. The average Bonchev–Trinajstić information content (AvgIpc) is 3.46. The summed E-state index contributed by atoms with van der Waals surface area (Å²) >= 11 is 1.43. The van der Waals surface area contributed by atoms with E-state index in [4.69, 9.17) is 4.74 Å². The second kappa shape index (κ2) is 11.9. The molecule has 4 aromatic rings. The highest BCUT2D eigenvalue weighted by Crippen LogP contribution is 2.54. The SMILES string of the molecule is COc1ccc(C2c3sc(=O)n(CC(=O)Nc4ccccc4C(F)(F)F)c3SC3C(=O)N(c4ccccc4C(F)(F)F)C(=O)C32)cc1. The summed E-state index contributed by atoms with van der Waals surface area (Å²) < 4.78 is 88.6. The van der Waals surface area contributed by atoms with Crippen LogP contribution in [-0.2, 0) is 33.3 Å². The van der Waals surface area contributed by atoms with Crippen LogP contribution in [0.15, 0.2) is 82.6 Å².